The number of nitrogens with zero attached hydrogens (tertiary/aromatic N) is 3. The van der Waals surface area contributed by atoms with Gasteiger partial charge in [-0.25, -0.2) is 14.5 Å². The van der Waals surface area contributed by atoms with Crippen LogP contribution in [0.4, 0.5) is 13.2 Å². The molecule has 0 unspecified atom stereocenters. The fourth-order valence-electron chi connectivity index (χ4n) is 4.32. The van der Waals surface area contributed by atoms with Crippen molar-refractivity contribution in [1.29, 1.82) is 0 Å². The molecule has 2 heterocycles. The first kappa shape index (κ1) is 28.2. The van der Waals surface area contributed by atoms with Crippen molar-refractivity contribution >= 4 is 29.2 Å². The van der Waals surface area contributed by atoms with Gasteiger partial charge in [0, 0.05) is 5.56 Å². The largest absolute Gasteiger partial charge is 0.488 e. The summed E-state index contributed by atoms with van der Waals surface area (Å²) >= 11 is 12.2. The van der Waals surface area contributed by atoms with Crippen LogP contribution in [0.1, 0.15) is 27.2 Å². The third kappa shape index (κ3) is 5.91. The lowest BCUT2D eigenvalue weighted by Gasteiger charge is -2.15. The summed E-state index contributed by atoms with van der Waals surface area (Å²) in [6.45, 7) is 2.19. The molecule has 1 N–H and O–H groups in total. The number of carboxylic acid groups (broad SMARTS) is 1. The number of hydrogen-bond acceptors (Lipinski definition) is 4. The lowest BCUT2D eigenvalue weighted by molar-refractivity contribution is -0.143. The highest BCUT2D eigenvalue weighted by atomic mass is 35.5. The summed E-state index contributed by atoms with van der Waals surface area (Å²) in [4.78, 5) is 15.7. The van der Waals surface area contributed by atoms with Crippen LogP contribution < -0.4 is 4.74 Å². The van der Waals surface area contributed by atoms with Gasteiger partial charge in [0.25, 0.3) is 0 Å². The minimum Gasteiger partial charge on any atom is -0.488 e. The zero-order chi connectivity index (χ0) is 29.3. The second-order valence-electron chi connectivity index (χ2n) is 9.06. The Hall–Kier alpha value is -4.34. The van der Waals surface area contributed by atoms with E-state index in [1.807, 2.05) is 31.2 Å². The molecular formula is C30H20Cl2F3N3O3. The van der Waals surface area contributed by atoms with E-state index in [2.05, 4.69) is 10.1 Å². The Morgan fingerprint density at radius 3 is 2.39 bits per heavy atom. The molecule has 0 bridgehead atoms. The molecule has 0 aliphatic rings. The molecule has 0 fully saturated rings. The summed E-state index contributed by atoms with van der Waals surface area (Å²) in [6, 6.07) is 22.8. The fraction of sp³-hybridized carbons (Fsp3) is 0.100. The Kier molecular flexibility index (Phi) is 7.75. The van der Waals surface area contributed by atoms with Crippen LogP contribution in [0.25, 0.3) is 28.2 Å². The molecule has 0 saturated heterocycles. The van der Waals surface area contributed by atoms with Crippen LogP contribution in [0.5, 0.6) is 5.75 Å². The van der Waals surface area contributed by atoms with Crippen molar-refractivity contribution in [2.45, 2.75) is 19.7 Å². The van der Waals surface area contributed by atoms with E-state index < -0.39 is 23.4 Å². The Morgan fingerprint density at radius 1 is 0.951 bits per heavy atom. The summed E-state index contributed by atoms with van der Waals surface area (Å²) < 4.78 is 47.8. The van der Waals surface area contributed by atoms with Crippen LogP contribution in [0.15, 0.2) is 85.1 Å². The lowest BCUT2D eigenvalue weighted by Crippen LogP contribution is -2.18. The number of alkyl halides is 3. The van der Waals surface area contributed by atoms with Crippen molar-refractivity contribution in [2.24, 2.45) is 0 Å². The fourth-order valence-corrected chi connectivity index (χ4v) is 4.61. The van der Waals surface area contributed by atoms with E-state index in [-0.39, 0.29) is 12.4 Å². The average Bonchev–Trinajstić information content (AvgIpc) is 3.41. The maximum absolute atomic E-state index is 13.7. The zero-order valence-electron chi connectivity index (χ0n) is 21.3. The molecular weight excluding hydrogens is 578 g/mol. The Bertz CT molecular complexity index is 1770. The van der Waals surface area contributed by atoms with Crippen LogP contribution >= 0.6 is 23.2 Å². The van der Waals surface area contributed by atoms with Crippen molar-refractivity contribution in [3.63, 3.8) is 0 Å². The van der Waals surface area contributed by atoms with Crippen molar-refractivity contribution in [3.05, 3.63) is 117 Å². The third-order valence-electron chi connectivity index (χ3n) is 6.36. The molecule has 0 amide bonds. The topological polar surface area (TPSA) is 77.2 Å². The SMILES string of the molecule is Cc1cc(-c2ccc(Cl)c(Cl)c2)ccc1COc1ccccc1-c1cccc(-n2ncc(C(=O)O)c2C(F)(F)F)n1. The lowest BCUT2D eigenvalue weighted by atomic mass is 10.00. The van der Waals surface area contributed by atoms with Gasteiger partial charge in [0.1, 0.15) is 17.9 Å². The van der Waals surface area contributed by atoms with E-state index >= 15 is 0 Å². The molecule has 11 heteroatoms. The molecule has 0 aliphatic carbocycles. The van der Waals surface area contributed by atoms with Gasteiger partial charge in [-0.2, -0.15) is 18.3 Å². The summed E-state index contributed by atoms with van der Waals surface area (Å²) in [5.74, 6) is -1.46. The maximum Gasteiger partial charge on any atom is 0.434 e. The quantitative estimate of drug-likeness (QED) is 0.203. The van der Waals surface area contributed by atoms with Crippen LogP contribution in [0, 0.1) is 6.92 Å². The van der Waals surface area contributed by atoms with Crippen molar-refractivity contribution < 1.29 is 27.8 Å². The zero-order valence-corrected chi connectivity index (χ0v) is 22.8. The average molecular weight is 598 g/mol. The van der Waals surface area contributed by atoms with Gasteiger partial charge in [-0.1, -0.05) is 65.7 Å². The number of halogens is 5. The maximum atomic E-state index is 13.7. The van der Waals surface area contributed by atoms with Crippen LogP contribution in [-0.4, -0.2) is 25.8 Å². The summed E-state index contributed by atoms with van der Waals surface area (Å²) in [5.41, 5.74) is 2.29. The Balaban J connectivity index is 1.42. The molecule has 0 spiro atoms. The van der Waals surface area contributed by atoms with Gasteiger partial charge in [-0.15, -0.1) is 0 Å². The highest BCUT2D eigenvalue weighted by Gasteiger charge is 2.41. The minimum absolute atomic E-state index is 0.189. The standard InChI is InChI=1S/C30H20Cl2F3N3O3/c1-17-13-18(19-11-12-23(31)24(32)14-19)9-10-20(17)16-41-26-7-3-2-5-21(26)25-6-4-8-27(37-25)38-28(30(33,34)35)22(15-36-38)29(39)40/h2-15H,16H2,1H3,(H,39,40). The normalized spacial score (nSPS) is 11.5. The van der Waals surface area contributed by atoms with Gasteiger partial charge in [0.05, 0.1) is 21.9 Å². The first-order valence-electron chi connectivity index (χ1n) is 12.2. The minimum atomic E-state index is -4.96. The number of carbonyl (C=O) groups is 1. The number of carboxylic acids is 1. The molecule has 2 aromatic heterocycles. The molecule has 0 saturated carbocycles. The third-order valence-corrected chi connectivity index (χ3v) is 7.10. The highest BCUT2D eigenvalue weighted by Crippen LogP contribution is 2.35. The van der Waals surface area contributed by atoms with E-state index in [0.717, 1.165) is 22.3 Å². The van der Waals surface area contributed by atoms with E-state index in [4.69, 9.17) is 27.9 Å². The predicted octanol–water partition coefficient (Wildman–Crippen LogP) is 8.51. The summed E-state index contributed by atoms with van der Waals surface area (Å²) in [5, 5.41) is 13.8. The number of rotatable bonds is 7. The number of aryl methyl sites for hydroxylation is 1. The Labute approximate surface area is 242 Å². The molecule has 3 aromatic carbocycles. The van der Waals surface area contributed by atoms with Crippen LogP contribution in [0.3, 0.4) is 0 Å². The molecule has 5 rings (SSSR count). The van der Waals surface area contributed by atoms with Gasteiger partial charge in [0.15, 0.2) is 11.5 Å². The van der Waals surface area contributed by atoms with Crippen LogP contribution in [-0.2, 0) is 12.8 Å². The molecule has 41 heavy (non-hydrogen) atoms. The first-order valence-corrected chi connectivity index (χ1v) is 12.9. The predicted molar refractivity (Wildman–Crippen MR) is 150 cm³/mol. The number of aromatic carboxylic acids is 1. The van der Waals surface area contributed by atoms with Gasteiger partial charge < -0.3 is 9.84 Å². The monoisotopic (exact) mass is 597 g/mol. The van der Waals surface area contributed by atoms with E-state index in [1.165, 1.54) is 12.1 Å². The summed E-state index contributed by atoms with van der Waals surface area (Å²) in [7, 11) is 0. The van der Waals surface area contributed by atoms with E-state index in [1.54, 1.807) is 42.5 Å². The molecule has 5 aromatic rings. The molecule has 0 atom stereocenters. The number of benzene rings is 3. The Morgan fingerprint density at radius 2 is 1.68 bits per heavy atom. The van der Waals surface area contributed by atoms with Gasteiger partial charge in [-0.05, 0) is 65.6 Å². The number of hydrogen-bond donors (Lipinski definition) is 1. The second-order valence-corrected chi connectivity index (χ2v) is 9.87. The number of aromatic nitrogens is 3. The molecule has 0 aliphatic heterocycles. The molecule has 6 nitrogen and oxygen atoms in total. The number of ether oxygens (including phenoxy) is 1. The van der Waals surface area contributed by atoms with E-state index in [9.17, 15) is 23.1 Å². The highest BCUT2D eigenvalue weighted by molar-refractivity contribution is 6.42. The number of para-hydroxylation sites is 1. The summed E-state index contributed by atoms with van der Waals surface area (Å²) in [6.07, 6.45) is -4.30. The molecule has 208 valence electrons. The van der Waals surface area contributed by atoms with Crippen LogP contribution in [0.2, 0.25) is 10.0 Å². The smallest absolute Gasteiger partial charge is 0.434 e. The number of pyridine rings is 1. The second kappa shape index (κ2) is 11.3. The van der Waals surface area contributed by atoms with Gasteiger partial charge in [-0.3, -0.25) is 0 Å². The molecule has 0 radical (unpaired) electrons. The van der Waals surface area contributed by atoms with Crippen molar-refractivity contribution in [2.75, 3.05) is 0 Å². The first-order chi connectivity index (χ1) is 19.5. The van der Waals surface area contributed by atoms with Crippen molar-refractivity contribution in [1.82, 2.24) is 14.8 Å². The van der Waals surface area contributed by atoms with Crippen molar-refractivity contribution in [3.8, 4) is 34.0 Å². The van der Waals surface area contributed by atoms with Gasteiger partial charge >= 0.3 is 12.1 Å². The van der Waals surface area contributed by atoms with Gasteiger partial charge in [0.2, 0.25) is 0 Å². The van der Waals surface area contributed by atoms with E-state index in [0.29, 0.717) is 37.9 Å².